The van der Waals surface area contributed by atoms with Crippen molar-refractivity contribution in [2.24, 2.45) is 0 Å². The number of aliphatic hydroxyl groups excluding tert-OH is 2. The van der Waals surface area contributed by atoms with Crippen LogP contribution in [0.1, 0.15) is 23.2 Å². The van der Waals surface area contributed by atoms with Gasteiger partial charge in [-0.3, -0.25) is 4.79 Å². The molecule has 1 saturated carbocycles. The topological polar surface area (TPSA) is 111 Å². The Balaban J connectivity index is 2.08. The van der Waals surface area contributed by atoms with Crippen LogP contribution in [0, 0.1) is 0 Å². The fraction of sp³-hybridized carbons (Fsp3) is 0.500. The summed E-state index contributed by atoms with van der Waals surface area (Å²) in [7, 11) is 2.96. The van der Waals surface area contributed by atoms with Gasteiger partial charge in [0.15, 0.2) is 0 Å². The molecule has 0 radical (unpaired) electrons. The number of urea groups is 1. The molecule has 0 unspecified atom stereocenters. The predicted molar refractivity (Wildman–Crippen MR) is 88.2 cm³/mol. The second-order valence-electron chi connectivity index (χ2n) is 5.81. The molecule has 1 fully saturated rings. The van der Waals surface area contributed by atoms with Gasteiger partial charge in [0.1, 0.15) is 5.75 Å². The highest BCUT2D eigenvalue weighted by Gasteiger charge is 2.24. The van der Waals surface area contributed by atoms with E-state index in [-0.39, 0.29) is 18.5 Å². The molecule has 8 heteroatoms. The molecule has 0 aromatic heterocycles. The van der Waals surface area contributed by atoms with Gasteiger partial charge < -0.3 is 30.5 Å². The Morgan fingerprint density at radius 2 is 2.12 bits per heavy atom. The minimum Gasteiger partial charge on any atom is -0.495 e. The molecule has 1 aliphatic rings. The quantitative estimate of drug-likeness (QED) is 0.576. The Kier molecular flexibility index (Phi) is 5.99. The van der Waals surface area contributed by atoms with Crippen LogP contribution in [0.2, 0.25) is 0 Å². The van der Waals surface area contributed by atoms with Gasteiger partial charge in [0, 0.05) is 18.7 Å². The highest BCUT2D eigenvalue weighted by Crippen LogP contribution is 2.26. The fourth-order valence-electron chi connectivity index (χ4n) is 2.11. The number of aliphatic hydroxyl groups is 2. The highest BCUT2D eigenvalue weighted by atomic mass is 16.5. The van der Waals surface area contributed by atoms with E-state index in [0.29, 0.717) is 17.0 Å². The summed E-state index contributed by atoms with van der Waals surface area (Å²) in [6.07, 6.45) is 0.964. The van der Waals surface area contributed by atoms with E-state index >= 15 is 0 Å². The lowest BCUT2D eigenvalue weighted by Crippen LogP contribution is -2.38. The van der Waals surface area contributed by atoms with Gasteiger partial charge in [-0.15, -0.1) is 0 Å². The van der Waals surface area contributed by atoms with Gasteiger partial charge in [-0.25, -0.2) is 4.79 Å². The summed E-state index contributed by atoms with van der Waals surface area (Å²) in [4.78, 5) is 25.5. The van der Waals surface area contributed by atoms with Crippen molar-refractivity contribution < 1.29 is 24.5 Å². The number of carbonyl (C=O) groups excluding carboxylic acids is 2. The smallest absolute Gasteiger partial charge is 0.321 e. The third kappa shape index (κ3) is 4.84. The Bertz CT molecular complexity index is 603. The number of amides is 3. The largest absolute Gasteiger partial charge is 0.495 e. The van der Waals surface area contributed by atoms with Gasteiger partial charge in [-0.05, 0) is 31.0 Å². The van der Waals surface area contributed by atoms with E-state index in [4.69, 9.17) is 9.84 Å². The predicted octanol–water partition coefficient (Wildman–Crippen LogP) is 0.404. The number of methoxy groups -OCH3 is 1. The third-order valence-electron chi connectivity index (χ3n) is 3.66. The van der Waals surface area contributed by atoms with Crippen LogP contribution in [0.15, 0.2) is 18.2 Å². The van der Waals surface area contributed by atoms with Crippen LogP contribution in [0.4, 0.5) is 10.5 Å². The SMILES string of the molecule is COc1ccc(C(=O)NC2CC2)cc1NC(=O)N(C)C[C@H](O)CO. The van der Waals surface area contributed by atoms with Crippen molar-refractivity contribution in [1.29, 1.82) is 0 Å². The monoisotopic (exact) mass is 337 g/mol. The lowest BCUT2D eigenvalue weighted by molar-refractivity contribution is 0.0750. The molecule has 1 atom stereocenters. The van der Waals surface area contributed by atoms with Crippen molar-refractivity contribution in [3.05, 3.63) is 23.8 Å². The average molecular weight is 337 g/mol. The van der Waals surface area contributed by atoms with Crippen molar-refractivity contribution in [3.63, 3.8) is 0 Å². The molecule has 1 aromatic carbocycles. The van der Waals surface area contributed by atoms with Crippen molar-refractivity contribution in [2.45, 2.75) is 25.0 Å². The molecule has 2 rings (SSSR count). The molecule has 24 heavy (non-hydrogen) atoms. The second kappa shape index (κ2) is 7.98. The number of nitrogens with one attached hydrogen (secondary N) is 2. The summed E-state index contributed by atoms with van der Waals surface area (Å²) < 4.78 is 5.20. The third-order valence-corrected chi connectivity index (χ3v) is 3.66. The molecule has 0 bridgehead atoms. The van der Waals surface area contributed by atoms with Crippen LogP contribution in [-0.2, 0) is 0 Å². The number of rotatable bonds is 7. The fourth-order valence-corrected chi connectivity index (χ4v) is 2.11. The Labute approximate surface area is 140 Å². The summed E-state index contributed by atoms with van der Waals surface area (Å²) in [5, 5.41) is 23.8. The number of nitrogens with zero attached hydrogens (tertiary/aromatic N) is 1. The van der Waals surface area contributed by atoms with Crippen LogP contribution < -0.4 is 15.4 Å². The zero-order chi connectivity index (χ0) is 17.7. The van der Waals surface area contributed by atoms with E-state index < -0.39 is 18.7 Å². The number of hydrogen-bond acceptors (Lipinski definition) is 5. The molecule has 0 heterocycles. The van der Waals surface area contributed by atoms with Crippen molar-refractivity contribution >= 4 is 17.6 Å². The first kappa shape index (κ1) is 18.0. The first-order valence-corrected chi connectivity index (χ1v) is 7.74. The molecule has 0 saturated heterocycles. The summed E-state index contributed by atoms with van der Waals surface area (Å²) in [5.74, 6) is 0.224. The first-order valence-electron chi connectivity index (χ1n) is 7.74. The van der Waals surface area contributed by atoms with Gasteiger partial charge in [0.2, 0.25) is 0 Å². The number of carbonyl (C=O) groups is 2. The van der Waals surface area contributed by atoms with Crippen LogP contribution >= 0.6 is 0 Å². The molecule has 132 valence electrons. The minimum absolute atomic E-state index is 0.0213. The maximum atomic E-state index is 12.2. The maximum absolute atomic E-state index is 12.2. The van der Waals surface area contributed by atoms with Gasteiger partial charge in [-0.2, -0.15) is 0 Å². The summed E-state index contributed by atoms with van der Waals surface area (Å²) in [5.41, 5.74) is 0.785. The van der Waals surface area contributed by atoms with Crippen LogP contribution in [0.25, 0.3) is 0 Å². The molecule has 3 amide bonds. The summed E-state index contributed by atoms with van der Waals surface area (Å²) in [6, 6.07) is 4.54. The van der Waals surface area contributed by atoms with E-state index in [1.54, 1.807) is 18.2 Å². The van der Waals surface area contributed by atoms with E-state index in [9.17, 15) is 14.7 Å². The molecular formula is C16H23N3O5. The van der Waals surface area contributed by atoms with Gasteiger partial charge >= 0.3 is 6.03 Å². The lowest BCUT2D eigenvalue weighted by Gasteiger charge is -2.21. The van der Waals surface area contributed by atoms with Crippen LogP contribution in [-0.4, -0.2) is 66.5 Å². The van der Waals surface area contributed by atoms with E-state index in [1.165, 1.54) is 19.1 Å². The zero-order valence-corrected chi connectivity index (χ0v) is 13.8. The summed E-state index contributed by atoms with van der Waals surface area (Å²) >= 11 is 0. The first-order chi connectivity index (χ1) is 11.4. The Morgan fingerprint density at radius 1 is 1.42 bits per heavy atom. The number of anilines is 1. The van der Waals surface area contributed by atoms with Gasteiger partial charge in [0.05, 0.1) is 32.1 Å². The molecule has 0 aliphatic heterocycles. The van der Waals surface area contributed by atoms with E-state index in [1.807, 2.05) is 0 Å². The number of benzene rings is 1. The van der Waals surface area contributed by atoms with E-state index in [0.717, 1.165) is 12.8 Å². The Hall–Kier alpha value is -2.32. The summed E-state index contributed by atoms with van der Waals surface area (Å²) in [6.45, 7) is -0.454. The van der Waals surface area contributed by atoms with E-state index in [2.05, 4.69) is 10.6 Å². The zero-order valence-electron chi connectivity index (χ0n) is 13.8. The van der Waals surface area contributed by atoms with Crippen LogP contribution in [0.5, 0.6) is 5.75 Å². The Morgan fingerprint density at radius 3 is 2.71 bits per heavy atom. The standard InChI is InChI=1S/C16H23N3O5/c1-19(8-12(21)9-20)16(23)18-13-7-10(3-6-14(13)24-2)15(22)17-11-4-5-11/h3,6-7,11-12,20-21H,4-5,8-9H2,1-2H3,(H,17,22)(H,18,23)/t12-/m0/s1. The molecule has 1 aliphatic carbocycles. The molecule has 1 aromatic rings. The normalized spacial score (nSPS) is 14.7. The number of likely N-dealkylation sites (N-methyl/N-ethyl adjacent to an activating group) is 1. The van der Waals surface area contributed by atoms with Crippen LogP contribution in [0.3, 0.4) is 0 Å². The minimum atomic E-state index is -1.02. The molecule has 0 spiro atoms. The lowest BCUT2D eigenvalue weighted by atomic mass is 10.1. The highest BCUT2D eigenvalue weighted by molar-refractivity contribution is 5.98. The maximum Gasteiger partial charge on any atom is 0.321 e. The molecule has 4 N–H and O–H groups in total. The van der Waals surface area contributed by atoms with Crippen molar-refractivity contribution in [1.82, 2.24) is 10.2 Å². The van der Waals surface area contributed by atoms with Gasteiger partial charge in [0.25, 0.3) is 5.91 Å². The molecule has 8 nitrogen and oxygen atoms in total. The van der Waals surface area contributed by atoms with Crippen molar-refractivity contribution in [3.8, 4) is 5.75 Å². The molecular weight excluding hydrogens is 314 g/mol. The number of hydrogen-bond donors (Lipinski definition) is 4. The van der Waals surface area contributed by atoms with Crippen molar-refractivity contribution in [2.75, 3.05) is 32.6 Å². The van der Waals surface area contributed by atoms with Gasteiger partial charge in [-0.1, -0.05) is 0 Å². The second-order valence-corrected chi connectivity index (χ2v) is 5.81. The average Bonchev–Trinajstić information content (AvgIpc) is 3.38. The number of ether oxygens (including phenoxy) is 1.